The van der Waals surface area contributed by atoms with Crippen molar-refractivity contribution in [3.63, 3.8) is 0 Å². The molecule has 2 aromatic rings. The molecule has 1 heterocycles. The monoisotopic (exact) mass is 290 g/mol. The molecule has 2 heteroatoms. The van der Waals surface area contributed by atoms with E-state index in [9.17, 15) is 0 Å². The molecule has 0 spiro atoms. The maximum absolute atomic E-state index is 5.57. The van der Waals surface area contributed by atoms with E-state index in [1.54, 1.807) is 0 Å². The molecule has 0 radical (unpaired) electrons. The predicted molar refractivity (Wildman–Crippen MR) is 56.7 cm³/mol. The fourth-order valence-electron chi connectivity index (χ4n) is 1.24. The van der Waals surface area contributed by atoms with Crippen molar-refractivity contribution < 1.29 is 4.74 Å². The van der Waals surface area contributed by atoms with Gasteiger partial charge in [0.2, 0.25) is 0 Å². The topological polar surface area (TPSA) is 9.23 Å². The van der Waals surface area contributed by atoms with Gasteiger partial charge in [-0.15, -0.1) is 0 Å². The zero-order chi connectivity index (χ0) is 9.10. The Morgan fingerprint density at radius 1 is 1.31 bits per heavy atom. The minimum atomic E-state index is -0.0389. The van der Waals surface area contributed by atoms with E-state index >= 15 is 0 Å². The molecule has 0 aliphatic rings. The molecule has 1 aromatic carbocycles. The van der Waals surface area contributed by atoms with E-state index in [-0.39, 0.29) is 20.4 Å². The van der Waals surface area contributed by atoms with Gasteiger partial charge in [0.15, 0.2) is 0 Å². The number of hydrogen-bond acceptors (Lipinski definition) is 1. The fraction of sp³-hybridized carbons (Fsp3) is 0.273. The molecule has 1 nitrogen and oxygen atoms in total. The molecule has 0 saturated carbocycles. The molecule has 0 aliphatic heterocycles. The van der Waals surface area contributed by atoms with Gasteiger partial charge in [0, 0.05) is 0 Å². The van der Waals surface area contributed by atoms with Crippen molar-refractivity contribution in [1.82, 2.24) is 0 Å². The van der Waals surface area contributed by atoms with Crippen LogP contribution < -0.4 is 4.74 Å². The number of hydrogen-bond donors (Lipinski definition) is 0. The number of benzene rings is 1. The number of rotatable bonds is 3. The van der Waals surface area contributed by atoms with Crippen molar-refractivity contribution in [2.75, 3.05) is 6.61 Å². The Hall–Kier alpha value is -0.450. The maximum atomic E-state index is 5.57. The quantitative estimate of drug-likeness (QED) is 0.789. The number of fused-ring (bicyclic) bond motifs is 1. The van der Waals surface area contributed by atoms with Crippen LogP contribution in [0.1, 0.15) is 13.3 Å². The molecule has 0 amide bonds. The molecule has 0 bridgehead atoms. The summed E-state index contributed by atoms with van der Waals surface area (Å²) in [6.45, 7) is 2.95. The SMILES string of the molecule is CCCOc1ccc2cc[te]c2c1. The van der Waals surface area contributed by atoms with E-state index in [0.29, 0.717) is 0 Å². The zero-order valence-electron chi connectivity index (χ0n) is 7.62. The first-order chi connectivity index (χ1) is 6.40. The molecular weight excluding hydrogens is 276 g/mol. The van der Waals surface area contributed by atoms with Crippen molar-refractivity contribution in [2.45, 2.75) is 13.3 Å². The van der Waals surface area contributed by atoms with Crippen molar-refractivity contribution in [3.8, 4) is 5.75 Å². The summed E-state index contributed by atoms with van der Waals surface area (Å²) >= 11 is -0.0389. The van der Waals surface area contributed by atoms with Gasteiger partial charge in [-0.05, 0) is 0 Å². The third-order valence-corrected chi connectivity index (χ3v) is 4.41. The van der Waals surface area contributed by atoms with Crippen molar-refractivity contribution >= 4 is 29.2 Å². The van der Waals surface area contributed by atoms with E-state index in [1.807, 2.05) is 0 Å². The third-order valence-electron chi connectivity index (χ3n) is 1.90. The van der Waals surface area contributed by atoms with Gasteiger partial charge < -0.3 is 0 Å². The van der Waals surface area contributed by atoms with Crippen LogP contribution in [-0.2, 0) is 0 Å². The second-order valence-corrected chi connectivity index (χ2v) is 5.67. The molecule has 0 aliphatic carbocycles. The summed E-state index contributed by atoms with van der Waals surface area (Å²) in [6.07, 6.45) is 1.08. The Kier molecular flexibility index (Phi) is 2.93. The molecule has 68 valence electrons. The first-order valence-corrected chi connectivity index (χ1v) is 7.01. The third kappa shape index (κ3) is 2.07. The van der Waals surface area contributed by atoms with E-state index in [0.717, 1.165) is 18.8 Å². The molecule has 0 saturated heterocycles. The Morgan fingerprint density at radius 3 is 3.08 bits per heavy atom. The average molecular weight is 288 g/mol. The van der Waals surface area contributed by atoms with E-state index in [1.165, 1.54) is 8.79 Å². The van der Waals surface area contributed by atoms with Crippen LogP contribution in [0, 0.1) is 0 Å². The molecule has 2 rings (SSSR count). The first-order valence-electron chi connectivity index (χ1n) is 4.50. The second kappa shape index (κ2) is 4.17. The van der Waals surface area contributed by atoms with Crippen LogP contribution in [0.15, 0.2) is 28.3 Å². The van der Waals surface area contributed by atoms with Crippen LogP contribution in [0.2, 0.25) is 0 Å². The van der Waals surface area contributed by atoms with Gasteiger partial charge in [0.1, 0.15) is 0 Å². The van der Waals surface area contributed by atoms with Crippen molar-refractivity contribution in [1.29, 1.82) is 0 Å². The van der Waals surface area contributed by atoms with Crippen LogP contribution in [0.4, 0.5) is 0 Å². The summed E-state index contributed by atoms with van der Waals surface area (Å²) < 4.78 is 9.41. The van der Waals surface area contributed by atoms with E-state index in [4.69, 9.17) is 4.74 Å². The summed E-state index contributed by atoms with van der Waals surface area (Å²) in [5, 5.41) is 1.39. The van der Waals surface area contributed by atoms with Gasteiger partial charge in [-0.3, -0.25) is 0 Å². The van der Waals surface area contributed by atoms with E-state index in [2.05, 4.69) is 35.3 Å². The standard InChI is InChI=1S/C11H12OTe/c1-2-6-12-10-4-3-9-5-7-13-11(9)8-10/h3-5,7-8H,2,6H2,1H3. The molecular formula is C11H12OTe. The zero-order valence-corrected chi connectivity index (χ0v) is 9.95. The van der Waals surface area contributed by atoms with Gasteiger partial charge in [0.05, 0.1) is 0 Å². The van der Waals surface area contributed by atoms with Gasteiger partial charge in [-0.1, -0.05) is 0 Å². The van der Waals surface area contributed by atoms with Gasteiger partial charge in [-0.25, -0.2) is 0 Å². The van der Waals surface area contributed by atoms with Gasteiger partial charge in [0.25, 0.3) is 0 Å². The summed E-state index contributed by atoms with van der Waals surface area (Å²) in [5.74, 6) is 1.04. The summed E-state index contributed by atoms with van der Waals surface area (Å²) in [4.78, 5) is 0. The molecule has 1 aromatic heterocycles. The first kappa shape index (κ1) is 9.12. The molecule has 0 fully saturated rings. The Morgan fingerprint density at radius 2 is 2.23 bits per heavy atom. The van der Waals surface area contributed by atoms with E-state index < -0.39 is 0 Å². The Labute approximate surface area is 87.9 Å². The summed E-state index contributed by atoms with van der Waals surface area (Å²) in [7, 11) is 0. The van der Waals surface area contributed by atoms with Crippen LogP contribution in [0.25, 0.3) is 8.79 Å². The molecule has 0 N–H and O–H groups in total. The second-order valence-electron chi connectivity index (χ2n) is 2.97. The summed E-state index contributed by atoms with van der Waals surface area (Å²) in [5.41, 5.74) is 0. The van der Waals surface area contributed by atoms with Crippen molar-refractivity contribution in [3.05, 3.63) is 28.3 Å². The molecule has 0 atom stereocenters. The van der Waals surface area contributed by atoms with Crippen LogP contribution in [-0.4, -0.2) is 27.0 Å². The minimum absolute atomic E-state index is 0.0389. The van der Waals surface area contributed by atoms with Crippen LogP contribution in [0.3, 0.4) is 0 Å². The van der Waals surface area contributed by atoms with Gasteiger partial charge >= 0.3 is 88.0 Å². The number of ether oxygens (including phenoxy) is 1. The molecule has 13 heavy (non-hydrogen) atoms. The fourth-order valence-corrected chi connectivity index (χ4v) is 3.58. The van der Waals surface area contributed by atoms with Crippen LogP contribution in [0.5, 0.6) is 5.75 Å². The average Bonchev–Trinajstić information content (AvgIpc) is 2.61. The summed E-state index contributed by atoms with van der Waals surface area (Å²) in [6, 6.07) is 8.65. The van der Waals surface area contributed by atoms with Crippen molar-refractivity contribution in [2.24, 2.45) is 0 Å². The molecule has 0 unspecified atom stereocenters. The van der Waals surface area contributed by atoms with Gasteiger partial charge in [-0.2, -0.15) is 0 Å². The van der Waals surface area contributed by atoms with Crippen LogP contribution >= 0.6 is 0 Å². The normalized spacial score (nSPS) is 10.5. The Bertz CT molecular complexity index is 392. The Balaban J connectivity index is 2.26. The predicted octanol–water partition coefficient (Wildman–Crippen LogP) is 2.69.